The van der Waals surface area contributed by atoms with Crippen LogP contribution in [-0.2, 0) is 4.74 Å². The molecule has 0 bridgehead atoms. The van der Waals surface area contributed by atoms with Gasteiger partial charge in [0.2, 0.25) is 0 Å². The third-order valence-corrected chi connectivity index (χ3v) is 2.20. The second kappa shape index (κ2) is 5.62. The largest absolute Gasteiger partial charge is 0.574 e. The Hall–Kier alpha value is -1.21. The van der Waals surface area contributed by atoms with Crippen molar-refractivity contribution in [3.05, 3.63) is 40.3 Å². The Morgan fingerprint density at radius 3 is 2.11 bits per heavy atom. The molecule has 1 aromatic carbocycles. The zero-order valence-corrected chi connectivity index (χ0v) is 9.71. The van der Waals surface area contributed by atoms with Gasteiger partial charge in [0.15, 0.2) is 0 Å². The van der Waals surface area contributed by atoms with Gasteiger partial charge in [-0.25, -0.2) is 0 Å². The molecule has 0 amide bonds. The van der Waals surface area contributed by atoms with Crippen molar-refractivity contribution in [3.63, 3.8) is 0 Å². The highest BCUT2D eigenvalue weighted by Crippen LogP contribution is 2.29. The lowest BCUT2D eigenvalue weighted by atomic mass is 10.3. The van der Waals surface area contributed by atoms with Crippen LogP contribution in [0.1, 0.15) is 0 Å². The fourth-order valence-electron chi connectivity index (χ4n) is 0.826. The van der Waals surface area contributed by atoms with E-state index in [0.717, 1.165) is 12.1 Å². The van der Waals surface area contributed by atoms with Gasteiger partial charge in [0, 0.05) is 6.07 Å². The molecule has 0 aromatic heterocycles. The number of ether oxygens (including phenoxy) is 2. The monoisotopic (exact) mass is 308 g/mol. The summed E-state index contributed by atoms with van der Waals surface area (Å²) in [6.07, 6.45) is -5.36. The number of hydrogen-bond acceptors (Lipinski definition) is 2. The molecule has 2 nitrogen and oxygen atoms in total. The van der Waals surface area contributed by atoms with Crippen molar-refractivity contribution >= 4 is 23.2 Å². The Kier molecular flexibility index (Phi) is 4.64. The zero-order valence-electron chi connectivity index (χ0n) is 8.19. The lowest BCUT2D eigenvalue weighted by Gasteiger charge is -2.08. The first kappa shape index (κ1) is 14.8. The predicted molar refractivity (Wildman–Crippen MR) is 53.5 cm³/mol. The van der Waals surface area contributed by atoms with Crippen molar-refractivity contribution in [3.8, 4) is 5.75 Å². The van der Waals surface area contributed by atoms with Crippen LogP contribution in [0.2, 0.25) is 10.0 Å². The van der Waals surface area contributed by atoms with Crippen molar-refractivity contribution in [2.24, 2.45) is 0 Å². The average molecular weight is 309 g/mol. The Morgan fingerprint density at radius 2 is 1.61 bits per heavy atom. The molecule has 0 N–H and O–H groups in total. The lowest BCUT2D eigenvalue weighted by Crippen LogP contribution is -2.12. The molecular formula is C9H3Cl2F5O2. The van der Waals surface area contributed by atoms with Crippen LogP contribution in [-0.4, -0.2) is 6.36 Å². The number of halogens is 7. The van der Waals surface area contributed by atoms with E-state index in [1.165, 1.54) is 6.07 Å². The molecule has 0 unspecified atom stereocenters. The third-order valence-electron chi connectivity index (χ3n) is 1.46. The highest BCUT2D eigenvalue weighted by Gasteiger charge is 2.34. The SMILES string of the molecule is F/C(Oc1ccc(Cl)c(Cl)c1)=C(/F)OC(F)(F)F. The standard InChI is InChI=1S/C9H3Cl2F5O2/c10-5-2-1-4(3-6(5)11)17-7(12)8(13)18-9(14,15)16/h1-3H/b8-7+. The van der Waals surface area contributed by atoms with E-state index in [1.54, 1.807) is 0 Å². The molecule has 0 heterocycles. The quantitative estimate of drug-likeness (QED) is 0.579. The number of hydrogen-bond donors (Lipinski definition) is 0. The molecule has 0 saturated heterocycles. The van der Waals surface area contributed by atoms with Crippen LogP contribution in [0.5, 0.6) is 5.75 Å². The first-order chi connectivity index (χ1) is 8.19. The Labute approximate surface area is 107 Å². The maximum absolute atomic E-state index is 12.8. The molecular weight excluding hydrogens is 306 g/mol. The highest BCUT2D eigenvalue weighted by molar-refractivity contribution is 6.42. The molecule has 0 saturated carbocycles. The first-order valence-corrected chi connectivity index (χ1v) is 4.88. The summed E-state index contributed by atoms with van der Waals surface area (Å²) in [6.45, 7) is 0. The van der Waals surface area contributed by atoms with E-state index in [0.29, 0.717) is 0 Å². The van der Waals surface area contributed by atoms with Crippen molar-refractivity contribution in [1.82, 2.24) is 0 Å². The minimum atomic E-state index is -5.36. The van der Waals surface area contributed by atoms with Crippen molar-refractivity contribution in [1.29, 1.82) is 0 Å². The molecule has 0 atom stereocenters. The zero-order chi connectivity index (χ0) is 13.9. The van der Waals surface area contributed by atoms with E-state index < -0.39 is 18.4 Å². The summed E-state index contributed by atoms with van der Waals surface area (Å²) >= 11 is 11.1. The van der Waals surface area contributed by atoms with E-state index in [9.17, 15) is 22.0 Å². The lowest BCUT2D eigenvalue weighted by molar-refractivity contribution is -0.316. The summed E-state index contributed by atoms with van der Waals surface area (Å²) in [7, 11) is 0. The van der Waals surface area contributed by atoms with Gasteiger partial charge in [0.25, 0.3) is 0 Å². The van der Waals surface area contributed by atoms with Crippen LogP contribution in [0.4, 0.5) is 22.0 Å². The normalized spacial score (nSPS) is 13.1. The summed E-state index contributed by atoms with van der Waals surface area (Å²) < 4.78 is 66.9. The summed E-state index contributed by atoms with van der Waals surface area (Å²) in [5, 5.41) is 0.0690. The second-order valence-electron chi connectivity index (χ2n) is 2.77. The highest BCUT2D eigenvalue weighted by atomic mass is 35.5. The number of alkyl halides is 3. The molecule has 1 rings (SSSR count). The molecule has 18 heavy (non-hydrogen) atoms. The van der Waals surface area contributed by atoms with Gasteiger partial charge in [-0.05, 0) is 12.1 Å². The summed E-state index contributed by atoms with van der Waals surface area (Å²) in [6, 6.07) is -1.48. The molecule has 0 spiro atoms. The van der Waals surface area contributed by atoms with Crippen molar-refractivity contribution in [2.75, 3.05) is 0 Å². The van der Waals surface area contributed by atoms with E-state index >= 15 is 0 Å². The molecule has 100 valence electrons. The van der Waals surface area contributed by atoms with Gasteiger partial charge in [-0.2, -0.15) is 8.78 Å². The van der Waals surface area contributed by atoms with Gasteiger partial charge >= 0.3 is 18.4 Å². The van der Waals surface area contributed by atoms with Crippen LogP contribution < -0.4 is 4.74 Å². The Morgan fingerprint density at radius 1 is 1.00 bits per heavy atom. The van der Waals surface area contributed by atoms with Crippen molar-refractivity contribution < 1.29 is 31.4 Å². The first-order valence-electron chi connectivity index (χ1n) is 4.13. The number of rotatable bonds is 3. The van der Waals surface area contributed by atoms with Crippen LogP contribution >= 0.6 is 23.2 Å². The molecule has 0 aliphatic rings. The predicted octanol–water partition coefficient (Wildman–Crippen LogP) is 4.97. The Bertz CT molecular complexity index is 473. The summed E-state index contributed by atoms with van der Waals surface area (Å²) in [4.78, 5) is 0. The molecule has 9 heteroatoms. The topological polar surface area (TPSA) is 18.5 Å². The van der Waals surface area contributed by atoms with Crippen molar-refractivity contribution in [2.45, 2.75) is 6.36 Å². The van der Waals surface area contributed by atoms with Gasteiger partial charge in [-0.3, -0.25) is 0 Å². The minimum absolute atomic E-state index is 0.0425. The van der Waals surface area contributed by atoms with Crippen LogP contribution in [0.15, 0.2) is 30.2 Å². The third kappa shape index (κ3) is 4.58. The van der Waals surface area contributed by atoms with Crippen LogP contribution in [0.25, 0.3) is 0 Å². The van der Waals surface area contributed by atoms with E-state index in [2.05, 4.69) is 9.47 Å². The van der Waals surface area contributed by atoms with Crippen LogP contribution in [0, 0.1) is 0 Å². The molecule has 0 aliphatic heterocycles. The Balaban J connectivity index is 2.83. The maximum atomic E-state index is 12.8. The molecule has 1 aromatic rings. The summed E-state index contributed by atoms with van der Waals surface area (Å²) in [5.74, 6) is -0.345. The van der Waals surface area contributed by atoms with Gasteiger partial charge in [0.05, 0.1) is 10.0 Å². The van der Waals surface area contributed by atoms with E-state index in [1.807, 2.05) is 0 Å². The smallest absolute Gasteiger partial charge is 0.427 e. The molecule has 0 aliphatic carbocycles. The minimum Gasteiger partial charge on any atom is -0.427 e. The van der Waals surface area contributed by atoms with Gasteiger partial charge < -0.3 is 9.47 Å². The van der Waals surface area contributed by atoms with Gasteiger partial charge in [0.1, 0.15) is 5.75 Å². The molecule has 0 fully saturated rings. The fraction of sp³-hybridized carbons (Fsp3) is 0.111. The maximum Gasteiger partial charge on any atom is 0.574 e. The molecule has 0 radical (unpaired) electrons. The van der Waals surface area contributed by atoms with Gasteiger partial charge in [-0.15, -0.1) is 13.2 Å². The van der Waals surface area contributed by atoms with E-state index in [4.69, 9.17) is 23.2 Å². The van der Waals surface area contributed by atoms with Crippen LogP contribution in [0.3, 0.4) is 0 Å². The fourth-order valence-corrected chi connectivity index (χ4v) is 1.11. The van der Waals surface area contributed by atoms with Gasteiger partial charge in [-0.1, -0.05) is 23.2 Å². The number of benzene rings is 1. The summed E-state index contributed by atoms with van der Waals surface area (Å²) in [5.41, 5.74) is 0. The second-order valence-corrected chi connectivity index (χ2v) is 3.59. The van der Waals surface area contributed by atoms with E-state index in [-0.39, 0.29) is 15.8 Å². The average Bonchev–Trinajstić information content (AvgIpc) is 2.21.